The quantitative estimate of drug-likeness (QED) is 0.813. The van der Waals surface area contributed by atoms with E-state index >= 15 is 0 Å². The fourth-order valence-corrected chi connectivity index (χ4v) is 2.79. The predicted octanol–water partition coefficient (Wildman–Crippen LogP) is 3.40. The number of rotatable bonds is 7. The van der Waals surface area contributed by atoms with Gasteiger partial charge in [0.05, 0.1) is 6.10 Å². The number of aliphatic hydroxyl groups is 1. The molecule has 0 aliphatic heterocycles. The molecule has 2 rings (SSSR count). The average Bonchev–Trinajstić information content (AvgIpc) is 2.35. The highest BCUT2D eigenvalue weighted by molar-refractivity contribution is 5.24. The van der Waals surface area contributed by atoms with Crippen molar-refractivity contribution in [1.82, 2.24) is 4.90 Å². The molecular formula is C17H27NO. The van der Waals surface area contributed by atoms with Gasteiger partial charge in [-0.1, -0.05) is 44.0 Å². The molecular weight excluding hydrogens is 234 g/mol. The number of hydrogen-bond donors (Lipinski definition) is 1. The highest BCUT2D eigenvalue weighted by Gasteiger charge is 2.20. The molecule has 19 heavy (non-hydrogen) atoms. The van der Waals surface area contributed by atoms with Gasteiger partial charge in [0.1, 0.15) is 0 Å². The van der Waals surface area contributed by atoms with Crippen molar-refractivity contribution in [3.8, 4) is 0 Å². The first-order chi connectivity index (χ1) is 9.19. The van der Waals surface area contributed by atoms with Gasteiger partial charge in [-0.2, -0.15) is 0 Å². The topological polar surface area (TPSA) is 23.5 Å². The third kappa shape index (κ3) is 4.32. The Hall–Kier alpha value is -0.860. The molecule has 1 atom stereocenters. The van der Waals surface area contributed by atoms with E-state index in [1.807, 2.05) is 0 Å². The van der Waals surface area contributed by atoms with E-state index in [-0.39, 0.29) is 6.10 Å². The van der Waals surface area contributed by atoms with Gasteiger partial charge in [-0.25, -0.2) is 0 Å². The second kappa shape index (κ2) is 7.06. The average molecular weight is 261 g/mol. The molecule has 1 fully saturated rings. The van der Waals surface area contributed by atoms with Crippen LogP contribution in [0.5, 0.6) is 0 Å². The summed E-state index contributed by atoms with van der Waals surface area (Å²) in [6, 6.07) is 8.45. The lowest BCUT2D eigenvalue weighted by Crippen LogP contribution is -2.32. The van der Waals surface area contributed by atoms with Gasteiger partial charge in [-0.15, -0.1) is 0 Å². The van der Waals surface area contributed by atoms with Gasteiger partial charge in [-0.3, -0.25) is 0 Å². The molecule has 1 aliphatic carbocycles. The molecule has 0 spiro atoms. The van der Waals surface area contributed by atoms with Crippen molar-refractivity contribution in [2.75, 3.05) is 20.1 Å². The number of aliphatic hydroxyl groups excluding tert-OH is 1. The van der Waals surface area contributed by atoms with Crippen LogP contribution in [-0.2, 0) is 6.42 Å². The van der Waals surface area contributed by atoms with E-state index in [0.717, 1.165) is 31.0 Å². The van der Waals surface area contributed by atoms with Crippen LogP contribution >= 0.6 is 0 Å². The number of nitrogens with zero attached hydrogens (tertiary/aromatic N) is 1. The molecule has 1 aromatic carbocycles. The van der Waals surface area contributed by atoms with Gasteiger partial charge in [-0.05, 0) is 43.4 Å². The van der Waals surface area contributed by atoms with Gasteiger partial charge >= 0.3 is 0 Å². The summed E-state index contributed by atoms with van der Waals surface area (Å²) >= 11 is 0. The zero-order valence-electron chi connectivity index (χ0n) is 12.3. The van der Waals surface area contributed by atoms with Crippen LogP contribution in [0.3, 0.4) is 0 Å². The Bertz CT molecular complexity index is 369. The Labute approximate surface area is 117 Å². The maximum absolute atomic E-state index is 10.3. The standard InChI is InChI=1S/C17H27NO/c1-3-5-14-8-10-16(11-9-14)17(19)13-18(2)12-15-6-4-7-15/h8-11,15,17,19H,3-7,12-13H2,1-2H3. The van der Waals surface area contributed by atoms with Crippen molar-refractivity contribution in [2.24, 2.45) is 5.92 Å². The van der Waals surface area contributed by atoms with Crippen LogP contribution in [-0.4, -0.2) is 30.1 Å². The molecule has 0 radical (unpaired) electrons. The molecule has 106 valence electrons. The summed E-state index contributed by atoms with van der Waals surface area (Å²) in [4.78, 5) is 2.27. The first-order valence-corrected chi connectivity index (χ1v) is 7.64. The molecule has 0 heterocycles. The van der Waals surface area contributed by atoms with E-state index in [9.17, 15) is 5.11 Å². The van der Waals surface area contributed by atoms with Crippen molar-refractivity contribution in [2.45, 2.75) is 45.1 Å². The van der Waals surface area contributed by atoms with E-state index in [2.05, 4.69) is 43.1 Å². The molecule has 1 aliphatic rings. The molecule has 2 heteroatoms. The maximum Gasteiger partial charge on any atom is 0.0916 e. The lowest BCUT2D eigenvalue weighted by molar-refractivity contribution is 0.107. The van der Waals surface area contributed by atoms with Gasteiger partial charge in [0.15, 0.2) is 0 Å². The zero-order chi connectivity index (χ0) is 13.7. The fraction of sp³-hybridized carbons (Fsp3) is 0.647. The Balaban J connectivity index is 1.82. The molecule has 0 amide bonds. The molecule has 0 bridgehead atoms. The number of aryl methyl sites for hydroxylation is 1. The van der Waals surface area contributed by atoms with Crippen LogP contribution in [0.25, 0.3) is 0 Å². The number of hydrogen-bond acceptors (Lipinski definition) is 2. The lowest BCUT2D eigenvalue weighted by Gasteiger charge is -2.31. The Morgan fingerprint density at radius 3 is 2.47 bits per heavy atom. The zero-order valence-corrected chi connectivity index (χ0v) is 12.3. The summed E-state index contributed by atoms with van der Waals surface area (Å²) in [5, 5.41) is 10.3. The van der Waals surface area contributed by atoms with Crippen LogP contribution in [0, 0.1) is 5.92 Å². The predicted molar refractivity (Wildman–Crippen MR) is 80.2 cm³/mol. The van der Waals surface area contributed by atoms with Crippen LogP contribution < -0.4 is 0 Å². The first kappa shape index (κ1) is 14.5. The SMILES string of the molecule is CCCc1ccc(C(O)CN(C)CC2CCC2)cc1. The number of likely N-dealkylation sites (N-methyl/N-ethyl adjacent to an activating group) is 1. The summed E-state index contributed by atoms with van der Waals surface area (Å²) in [7, 11) is 2.12. The van der Waals surface area contributed by atoms with Crippen LogP contribution in [0.4, 0.5) is 0 Å². The molecule has 0 aromatic heterocycles. The van der Waals surface area contributed by atoms with Crippen LogP contribution in [0.1, 0.15) is 49.8 Å². The van der Waals surface area contributed by atoms with Crippen molar-refractivity contribution in [3.63, 3.8) is 0 Å². The Morgan fingerprint density at radius 1 is 1.26 bits per heavy atom. The highest BCUT2D eigenvalue weighted by Crippen LogP contribution is 2.27. The Kier molecular flexibility index (Phi) is 5.41. The fourth-order valence-electron chi connectivity index (χ4n) is 2.79. The second-order valence-electron chi connectivity index (χ2n) is 6.03. The summed E-state index contributed by atoms with van der Waals surface area (Å²) in [6.07, 6.45) is 6.06. The molecule has 0 saturated heterocycles. The minimum atomic E-state index is -0.360. The number of benzene rings is 1. The summed E-state index contributed by atoms with van der Waals surface area (Å²) in [6.45, 7) is 4.06. The summed E-state index contributed by atoms with van der Waals surface area (Å²) < 4.78 is 0. The van der Waals surface area contributed by atoms with Crippen molar-refractivity contribution < 1.29 is 5.11 Å². The first-order valence-electron chi connectivity index (χ1n) is 7.64. The molecule has 1 saturated carbocycles. The van der Waals surface area contributed by atoms with Gasteiger partial charge in [0, 0.05) is 13.1 Å². The van der Waals surface area contributed by atoms with E-state index < -0.39 is 0 Å². The summed E-state index contributed by atoms with van der Waals surface area (Å²) in [5.41, 5.74) is 2.40. The minimum Gasteiger partial charge on any atom is -0.387 e. The normalized spacial score (nSPS) is 17.5. The summed E-state index contributed by atoms with van der Waals surface area (Å²) in [5.74, 6) is 0.865. The van der Waals surface area contributed by atoms with Crippen molar-refractivity contribution >= 4 is 0 Å². The van der Waals surface area contributed by atoms with Gasteiger partial charge in [0.25, 0.3) is 0 Å². The van der Waals surface area contributed by atoms with E-state index in [0.29, 0.717) is 0 Å². The largest absolute Gasteiger partial charge is 0.387 e. The Morgan fingerprint density at radius 2 is 1.95 bits per heavy atom. The molecule has 1 aromatic rings. The van der Waals surface area contributed by atoms with E-state index in [4.69, 9.17) is 0 Å². The maximum atomic E-state index is 10.3. The van der Waals surface area contributed by atoms with E-state index in [1.165, 1.54) is 31.2 Å². The van der Waals surface area contributed by atoms with Gasteiger partial charge < -0.3 is 10.0 Å². The van der Waals surface area contributed by atoms with Crippen LogP contribution in [0.2, 0.25) is 0 Å². The smallest absolute Gasteiger partial charge is 0.0916 e. The molecule has 1 unspecified atom stereocenters. The highest BCUT2D eigenvalue weighted by atomic mass is 16.3. The second-order valence-corrected chi connectivity index (χ2v) is 6.03. The van der Waals surface area contributed by atoms with Gasteiger partial charge in [0.2, 0.25) is 0 Å². The van der Waals surface area contributed by atoms with Crippen molar-refractivity contribution in [3.05, 3.63) is 35.4 Å². The third-order valence-electron chi connectivity index (χ3n) is 4.18. The van der Waals surface area contributed by atoms with Crippen molar-refractivity contribution in [1.29, 1.82) is 0 Å². The van der Waals surface area contributed by atoms with E-state index in [1.54, 1.807) is 0 Å². The third-order valence-corrected chi connectivity index (χ3v) is 4.18. The minimum absolute atomic E-state index is 0.360. The molecule has 1 N–H and O–H groups in total. The monoisotopic (exact) mass is 261 g/mol. The lowest BCUT2D eigenvalue weighted by atomic mass is 9.85. The van der Waals surface area contributed by atoms with Crippen LogP contribution in [0.15, 0.2) is 24.3 Å². The molecule has 2 nitrogen and oxygen atoms in total.